The van der Waals surface area contributed by atoms with Crippen molar-refractivity contribution in [3.8, 4) is 0 Å². The molecule has 1 aliphatic rings. The monoisotopic (exact) mass is 341 g/mol. The number of imide groups is 1. The molecule has 0 spiro atoms. The first kappa shape index (κ1) is 19.7. The van der Waals surface area contributed by atoms with Crippen molar-refractivity contribution >= 4 is 23.9 Å². The molecule has 8 nitrogen and oxygen atoms in total. The highest BCUT2D eigenvalue weighted by Crippen LogP contribution is 2.28. The van der Waals surface area contributed by atoms with E-state index in [0.717, 1.165) is 7.11 Å². The Bertz CT molecular complexity index is 547. The highest BCUT2D eigenvalue weighted by molar-refractivity contribution is 6.05. The van der Waals surface area contributed by atoms with Gasteiger partial charge in [-0.15, -0.1) is 0 Å². The van der Waals surface area contributed by atoms with Gasteiger partial charge in [0.15, 0.2) is 0 Å². The molecule has 0 radical (unpaired) electrons. The van der Waals surface area contributed by atoms with E-state index in [0.29, 0.717) is 4.90 Å². The Hall–Kier alpha value is -2.38. The lowest BCUT2D eigenvalue weighted by atomic mass is 9.86. The molecule has 0 aliphatic carbocycles. The molecule has 1 rings (SSSR count). The van der Waals surface area contributed by atoms with E-state index in [-0.39, 0.29) is 13.0 Å². The molecular formula is C16H23NO7. The Balaban J connectivity index is 3.03. The van der Waals surface area contributed by atoms with Crippen LogP contribution in [-0.2, 0) is 28.6 Å². The normalized spacial score (nSPS) is 20.5. The van der Waals surface area contributed by atoms with Gasteiger partial charge in [0.2, 0.25) is 0 Å². The average molecular weight is 341 g/mol. The first-order chi connectivity index (χ1) is 11.1. The van der Waals surface area contributed by atoms with Gasteiger partial charge in [0.05, 0.1) is 20.1 Å². The van der Waals surface area contributed by atoms with Crippen molar-refractivity contribution in [2.75, 3.05) is 13.7 Å². The molecule has 0 N–H and O–H groups in total. The summed E-state index contributed by atoms with van der Waals surface area (Å²) in [6.07, 6.45) is 1.58. The molecule has 0 aromatic rings. The minimum absolute atomic E-state index is 0.169. The maximum Gasteiger partial charge on any atom is 0.421 e. The van der Waals surface area contributed by atoms with Crippen LogP contribution in [0.25, 0.3) is 0 Å². The van der Waals surface area contributed by atoms with Crippen LogP contribution in [0.15, 0.2) is 12.3 Å². The number of hydrogen-bond donors (Lipinski definition) is 0. The van der Waals surface area contributed by atoms with Crippen molar-refractivity contribution in [2.45, 2.75) is 39.7 Å². The lowest BCUT2D eigenvalue weighted by Crippen LogP contribution is -2.48. The number of hydrogen-bond acceptors (Lipinski definition) is 7. The molecular weight excluding hydrogens is 318 g/mol. The number of amides is 2. The molecule has 24 heavy (non-hydrogen) atoms. The van der Waals surface area contributed by atoms with E-state index < -0.39 is 41.4 Å². The Morgan fingerprint density at radius 2 is 1.88 bits per heavy atom. The molecule has 2 atom stereocenters. The van der Waals surface area contributed by atoms with E-state index in [4.69, 9.17) is 9.47 Å². The minimum Gasteiger partial charge on any atom is -0.468 e. The van der Waals surface area contributed by atoms with Crippen molar-refractivity contribution in [3.05, 3.63) is 12.3 Å². The Morgan fingerprint density at radius 3 is 2.38 bits per heavy atom. The Morgan fingerprint density at radius 1 is 1.25 bits per heavy atom. The van der Waals surface area contributed by atoms with Gasteiger partial charge < -0.3 is 14.2 Å². The van der Waals surface area contributed by atoms with Crippen LogP contribution >= 0.6 is 0 Å². The van der Waals surface area contributed by atoms with E-state index in [1.807, 2.05) is 0 Å². The first-order valence-electron chi connectivity index (χ1n) is 7.58. The summed E-state index contributed by atoms with van der Waals surface area (Å²) in [5.74, 6) is -4.22. The molecule has 1 heterocycles. The minimum atomic E-state index is -1.31. The first-order valence-corrected chi connectivity index (χ1v) is 7.58. The highest BCUT2D eigenvalue weighted by atomic mass is 16.6. The average Bonchev–Trinajstić information content (AvgIpc) is 2.45. The van der Waals surface area contributed by atoms with E-state index in [1.165, 1.54) is 12.3 Å². The molecule has 0 aromatic heterocycles. The number of carbonyl (C=O) groups excluding carboxylic acids is 4. The third-order valence-corrected chi connectivity index (χ3v) is 3.17. The van der Waals surface area contributed by atoms with Crippen LogP contribution in [0.1, 0.15) is 34.1 Å². The van der Waals surface area contributed by atoms with Crippen LogP contribution < -0.4 is 0 Å². The van der Waals surface area contributed by atoms with Crippen molar-refractivity contribution < 1.29 is 33.4 Å². The maximum absolute atomic E-state index is 12.5. The molecule has 0 saturated carbocycles. The van der Waals surface area contributed by atoms with Gasteiger partial charge in [-0.05, 0) is 27.7 Å². The standard InChI is InChI=1S/C16H23NO7/c1-6-23-11(18)9-10-7-8-17(15(21)24-16(2,3)4)13(19)12(10)14(20)22-5/h7-8,10,12H,6,9H2,1-5H3/t10-,12?/m0/s1. The lowest BCUT2D eigenvalue weighted by Gasteiger charge is -2.31. The predicted molar refractivity (Wildman–Crippen MR) is 82.5 cm³/mol. The number of allylic oxidation sites excluding steroid dienone is 1. The van der Waals surface area contributed by atoms with Crippen molar-refractivity contribution in [2.24, 2.45) is 11.8 Å². The summed E-state index contributed by atoms with van der Waals surface area (Å²) in [7, 11) is 1.13. The van der Waals surface area contributed by atoms with Gasteiger partial charge in [-0.2, -0.15) is 0 Å². The highest BCUT2D eigenvalue weighted by Gasteiger charge is 2.43. The third kappa shape index (κ3) is 5.07. The number of nitrogens with zero attached hydrogens (tertiary/aromatic N) is 1. The smallest absolute Gasteiger partial charge is 0.421 e. The van der Waals surface area contributed by atoms with Gasteiger partial charge in [-0.1, -0.05) is 6.08 Å². The quantitative estimate of drug-likeness (QED) is 0.435. The number of rotatable bonds is 4. The number of esters is 2. The van der Waals surface area contributed by atoms with Crippen molar-refractivity contribution in [3.63, 3.8) is 0 Å². The molecule has 1 unspecified atom stereocenters. The Kier molecular flexibility index (Phi) is 6.51. The zero-order valence-electron chi connectivity index (χ0n) is 14.5. The molecule has 0 bridgehead atoms. The zero-order valence-corrected chi connectivity index (χ0v) is 14.5. The van der Waals surface area contributed by atoms with Crippen molar-refractivity contribution in [1.29, 1.82) is 0 Å². The van der Waals surface area contributed by atoms with Crippen molar-refractivity contribution in [1.82, 2.24) is 4.90 Å². The SMILES string of the molecule is CCOC(=O)C[C@@H]1C=CN(C(=O)OC(C)(C)C)C(=O)C1C(=O)OC. The fraction of sp³-hybridized carbons (Fsp3) is 0.625. The zero-order chi connectivity index (χ0) is 18.5. The van der Waals surface area contributed by atoms with Crippen LogP contribution in [0.3, 0.4) is 0 Å². The van der Waals surface area contributed by atoms with Crippen LogP contribution in [0, 0.1) is 11.8 Å². The molecule has 134 valence electrons. The summed E-state index contributed by atoms with van der Waals surface area (Å²) < 4.78 is 14.6. The molecule has 0 saturated heterocycles. The second kappa shape index (κ2) is 7.94. The van der Waals surface area contributed by atoms with Crippen LogP contribution in [0.2, 0.25) is 0 Å². The molecule has 8 heteroatoms. The summed E-state index contributed by atoms with van der Waals surface area (Å²) >= 11 is 0. The largest absolute Gasteiger partial charge is 0.468 e. The number of methoxy groups -OCH3 is 1. The van der Waals surface area contributed by atoms with E-state index in [9.17, 15) is 19.2 Å². The molecule has 1 aliphatic heterocycles. The van der Waals surface area contributed by atoms with Crippen LogP contribution in [0.4, 0.5) is 4.79 Å². The van der Waals surface area contributed by atoms with Gasteiger partial charge in [0.1, 0.15) is 11.5 Å². The lowest BCUT2D eigenvalue weighted by molar-refractivity contribution is -0.155. The van der Waals surface area contributed by atoms with Crippen LogP contribution in [0.5, 0.6) is 0 Å². The van der Waals surface area contributed by atoms with Gasteiger partial charge in [0, 0.05) is 12.1 Å². The third-order valence-electron chi connectivity index (χ3n) is 3.17. The second-order valence-corrected chi connectivity index (χ2v) is 6.20. The summed E-state index contributed by atoms with van der Waals surface area (Å²) in [4.78, 5) is 49.0. The van der Waals surface area contributed by atoms with Gasteiger partial charge in [-0.25, -0.2) is 9.69 Å². The van der Waals surface area contributed by atoms with Gasteiger partial charge in [-0.3, -0.25) is 14.4 Å². The summed E-state index contributed by atoms with van der Waals surface area (Å²) in [6.45, 7) is 6.82. The van der Waals surface area contributed by atoms with E-state index >= 15 is 0 Å². The molecule has 0 aromatic carbocycles. The number of carbonyl (C=O) groups is 4. The predicted octanol–water partition coefficient (Wildman–Crippen LogP) is 1.64. The fourth-order valence-corrected chi connectivity index (χ4v) is 2.18. The summed E-state index contributed by atoms with van der Waals surface area (Å²) in [5.41, 5.74) is -0.798. The van der Waals surface area contributed by atoms with Crippen LogP contribution in [-0.4, -0.2) is 48.2 Å². The molecule has 0 fully saturated rings. The fourth-order valence-electron chi connectivity index (χ4n) is 2.18. The summed E-state index contributed by atoms with van der Waals surface area (Å²) in [6, 6.07) is 0. The topological polar surface area (TPSA) is 99.2 Å². The second-order valence-electron chi connectivity index (χ2n) is 6.20. The Labute approximate surface area is 140 Å². The van der Waals surface area contributed by atoms with E-state index in [2.05, 4.69) is 4.74 Å². The van der Waals surface area contributed by atoms with Gasteiger partial charge in [0.25, 0.3) is 5.91 Å². The summed E-state index contributed by atoms with van der Waals surface area (Å²) in [5, 5.41) is 0. The molecule has 2 amide bonds. The number of ether oxygens (including phenoxy) is 3. The maximum atomic E-state index is 12.5. The van der Waals surface area contributed by atoms with E-state index in [1.54, 1.807) is 27.7 Å². The van der Waals surface area contributed by atoms with Gasteiger partial charge >= 0.3 is 18.0 Å².